The highest BCUT2D eigenvalue weighted by Crippen LogP contribution is 2.32. The van der Waals surface area contributed by atoms with Crippen LogP contribution in [0.3, 0.4) is 0 Å². The number of nitrogens with one attached hydrogen (secondary N) is 2. The normalized spacial score (nSPS) is 16.5. The lowest BCUT2D eigenvalue weighted by molar-refractivity contribution is 0.108. The topological polar surface area (TPSA) is 101 Å². The van der Waals surface area contributed by atoms with Crippen molar-refractivity contribution in [2.24, 2.45) is 0 Å². The summed E-state index contributed by atoms with van der Waals surface area (Å²) >= 11 is 6.39. The van der Waals surface area contributed by atoms with Gasteiger partial charge in [0.1, 0.15) is 24.3 Å². The zero-order valence-electron chi connectivity index (χ0n) is 18.7. The third-order valence-electron chi connectivity index (χ3n) is 5.38. The van der Waals surface area contributed by atoms with E-state index in [4.69, 9.17) is 31.0 Å². The molecule has 3 aromatic rings. The summed E-state index contributed by atoms with van der Waals surface area (Å²) in [5.41, 5.74) is 3.44. The van der Waals surface area contributed by atoms with Crippen molar-refractivity contribution in [3.63, 3.8) is 0 Å². The number of pyridine rings is 1. The highest BCUT2D eigenvalue weighted by atomic mass is 35.5. The summed E-state index contributed by atoms with van der Waals surface area (Å²) in [4.78, 5) is 13.8. The van der Waals surface area contributed by atoms with Crippen LogP contribution in [0.25, 0.3) is 22.6 Å². The van der Waals surface area contributed by atoms with E-state index >= 15 is 0 Å². The number of hydrogen-bond acceptors (Lipinski definition) is 8. The van der Waals surface area contributed by atoms with Crippen LogP contribution < -0.4 is 15.4 Å². The molecule has 8 nitrogen and oxygen atoms in total. The molecule has 0 spiro atoms. The Morgan fingerprint density at radius 2 is 2.03 bits per heavy atom. The third-order valence-corrected chi connectivity index (χ3v) is 5.60. The lowest BCUT2D eigenvalue weighted by Gasteiger charge is -2.18. The number of halogens is 1. The van der Waals surface area contributed by atoms with Crippen LogP contribution in [0.1, 0.15) is 12.0 Å². The largest absolute Gasteiger partial charge is 0.491 e. The molecule has 1 aliphatic rings. The standard InChI is InChI=1S/C24H28ClN5O3/c1-15-22(16-3-6-27-7-4-16)29-24(30-23(15)28-19-5-8-32-13-19)17-9-18(25)11-21(10-17)33-14-20(31)12-26-2/h3-4,6-7,9-11,19-20,26,31H,5,8,12-14H2,1-2H3,(H,28,29,30)/t19-,20?/m0/s1. The van der Waals surface area contributed by atoms with Crippen molar-refractivity contribution in [1.82, 2.24) is 20.3 Å². The van der Waals surface area contributed by atoms with Crippen LogP contribution in [0.15, 0.2) is 42.7 Å². The van der Waals surface area contributed by atoms with Gasteiger partial charge in [0.2, 0.25) is 0 Å². The Labute approximate surface area is 198 Å². The number of anilines is 1. The van der Waals surface area contributed by atoms with Crippen LogP contribution in [-0.4, -0.2) is 65.6 Å². The van der Waals surface area contributed by atoms with E-state index in [-0.39, 0.29) is 12.6 Å². The van der Waals surface area contributed by atoms with Gasteiger partial charge in [-0.2, -0.15) is 0 Å². The fraction of sp³-hybridized carbons (Fsp3) is 0.375. The first-order valence-corrected chi connectivity index (χ1v) is 11.3. The van der Waals surface area contributed by atoms with E-state index in [1.54, 1.807) is 25.5 Å². The van der Waals surface area contributed by atoms with Crippen LogP contribution in [0.5, 0.6) is 5.75 Å². The van der Waals surface area contributed by atoms with Gasteiger partial charge in [0.15, 0.2) is 5.82 Å². The Bertz CT molecular complexity index is 1080. The first-order valence-electron chi connectivity index (χ1n) is 10.9. The van der Waals surface area contributed by atoms with Crippen LogP contribution in [0.2, 0.25) is 5.02 Å². The van der Waals surface area contributed by atoms with Gasteiger partial charge >= 0.3 is 0 Å². The molecule has 0 saturated carbocycles. The van der Waals surface area contributed by atoms with E-state index in [2.05, 4.69) is 15.6 Å². The molecule has 3 heterocycles. The minimum absolute atomic E-state index is 0.145. The Hall–Kier alpha value is -2.78. The SMILES string of the molecule is CNCC(O)COc1cc(Cl)cc(-c2nc(N[C@H]3CCOC3)c(C)c(-c3ccncc3)n2)c1. The van der Waals surface area contributed by atoms with Crippen LogP contribution in [0.4, 0.5) is 5.82 Å². The summed E-state index contributed by atoms with van der Waals surface area (Å²) < 4.78 is 11.3. The van der Waals surface area contributed by atoms with Crippen LogP contribution >= 0.6 is 11.6 Å². The van der Waals surface area contributed by atoms with E-state index in [0.29, 0.717) is 29.7 Å². The van der Waals surface area contributed by atoms with Gasteiger partial charge in [-0.1, -0.05) is 11.6 Å². The number of rotatable bonds is 9. The Morgan fingerprint density at radius 1 is 1.21 bits per heavy atom. The highest BCUT2D eigenvalue weighted by Gasteiger charge is 2.20. The van der Waals surface area contributed by atoms with Crippen molar-refractivity contribution >= 4 is 17.4 Å². The molecule has 33 heavy (non-hydrogen) atoms. The summed E-state index contributed by atoms with van der Waals surface area (Å²) in [6.45, 7) is 3.97. The van der Waals surface area contributed by atoms with Crippen LogP contribution in [0, 0.1) is 6.92 Å². The van der Waals surface area contributed by atoms with E-state index in [1.807, 2.05) is 31.2 Å². The van der Waals surface area contributed by atoms with Crippen molar-refractivity contribution < 1.29 is 14.6 Å². The van der Waals surface area contributed by atoms with Crippen molar-refractivity contribution in [1.29, 1.82) is 0 Å². The molecule has 4 rings (SSSR count). The second kappa shape index (κ2) is 10.9. The van der Waals surface area contributed by atoms with Gasteiger partial charge in [-0.15, -0.1) is 0 Å². The molecular formula is C24H28ClN5O3. The second-order valence-electron chi connectivity index (χ2n) is 8.01. The van der Waals surface area contributed by atoms with Crippen molar-refractivity contribution in [3.8, 4) is 28.4 Å². The minimum atomic E-state index is -0.629. The van der Waals surface area contributed by atoms with E-state index in [0.717, 1.165) is 41.2 Å². The molecule has 9 heteroatoms. The maximum atomic E-state index is 9.96. The summed E-state index contributed by atoms with van der Waals surface area (Å²) in [5, 5.41) is 16.9. The zero-order chi connectivity index (χ0) is 23.2. The quantitative estimate of drug-likeness (QED) is 0.438. The lowest BCUT2D eigenvalue weighted by atomic mass is 10.1. The molecule has 1 aromatic carbocycles. The molecule has 0 amide bonds. The molecule has 1 fully saturated rings. The van der Waals surface area contributed by atoms with Crippen molar-refractivity contribution in [2.75, 3.05) is 38.7 Å². The summed E-state index contributed by atoms with van der Waals surface area (Å²) in [6, 6.07) is 9.41. The van der Waals surface area contributed by atoms with Gasteiger partial charge in [0, 0.05) is 47.3 Å². The second-order valence-corrected chi connectivity index (χ2v) is 8.44. The fourth-order valence-electron chi connectivity index (χ4n) is 3.68. The summed E-state index contributed by atoms with van der Waals surface area (Å²) in [5.74, 6) is 1.83. The molecule has 2 atom stereocenters. The number of hydrogen-bond donors (Lipinski definition) is 3. The molecule has 1 unspecified atom stereocenters. The molecular weight excluding hydrogens is 442 g/mol. The number of aliphatic hydroxyl groups is 1. The Morgan fingerprint density at radius 3 is 2.76 bits per heavy atom. The maximum absolute atomic E-state index is 9.96. The smallest absolute Gasteiger partial charge is 0.162 e. The molecule has 1 saturated heterocycles. The molecule has 0 aliphatic carbocycles. The number of nitrogens with zero attached hydrogens (tertiary/aromatic N) is 3. The average Bonchev–Trinajstić information content (AvgIpc) is 3.33. The molecule has 0 bridgehead atoms. The van der Waals surface area contributed by atoms with Gasteiger partial charge in [-0.05, 0) is 50.7 Å². The van der Waals surface area contributed by atoms with Crippen molar-refractivity contribution in [2.45, 2.75) is 25.5 Å². The van der Waals surface area contributed by atoms with E-state index in [1.165, 1.54) is 0 Å². The Balaban J connectivity index is 1.71. The first-order chi connectivity index (χ1) is 16.0. The average molecular weight is 470 g/mol. The van der Waals surface area contributed by atoms with Gasteiger partial charge in [0.25, 0.3) is 0 Å². The predicted octanol–water partition coefficient (Wildman–Crippen LogP) is 3.33. The Kier molecular flexibility index (Phi) is 7.72. The van der Waals surface area contributed by atoms with Gasteiger partial charge in [0.05, 0.1) is 18.3 Å². The van der Waals surface area contributed by atoms with E-state index in [9.17, 15) is 5.11 Å². The number of ether oxygens (including phenoxy) is 2. The molecule has 3 N–H and O–H groups in total. The fourth-order valence-corrected chi connectivity index (χ4v) is 3.91. The predicted molar refractivity (Wildman–Crippen MR) is 129 cm³/mol. The summed E-state index contributed by atoms with van der Waals surface area (Å²) in [6.07, 6.45) is 3.79. The number of aliphatic hydroxyl groups excluding tert-OH is 1. The molecule has 1 aliphatic heterocycles. The molecule has 174 valence electrons. The third kappa shape index (κ3) is 5.97. The van der Waals surface area contributed by atoms with Crippen LogP contribution in [-0.2, 0) is 4.74 Å². The zero-order valence-corrected chi connectivity index (χ0v) is 19.5. The number of likely N-dealkylation sites (N-methyl/N-ethyl adjacent to an activating group) is 1. The first kappa shape index (κ1) is 23.4. The summed E-state index contributed by atoms with van der Waals surface area (Å²) in [7, 11) is 1.78. The maximum Gasteiger partial charge on any atom is 0.162 e. The van der Waals surface area contributed by atoms with Gasteiger partial charge in [-0.25, -0.2) is 9.97 Å². The van der Waals surface area contributed by atoms with Gasteiger partial charge in [-0.3, -0.25) is 4.98 Å². The number of aromatic nitrogens is 3. The molecule has 0 radical (unpaired) electrons. The van der Waals surface area contributed by atoms with Crippen molar-refractivity contribution in [3.05, 3.63) is 53.3 Å². The molecule has 2 aromatic heterocycles. The monoisotopic (exact) mass is 469 g/mol. The lowest BCUT2D eigenvalue weighted by Crippen LogP contribution is -2.29. The van der Waals surface area contributed by atoms with E-state index < -0.39 is 6.10 Å². The van der Waals surface area contributed by atoms with Gasteiger partial charge < -0.3 is 25.2 Å². The highest BCUT2D eigenvalue weighted by molar-refractivity contribution is 6.31. The minimum Gasteiger partial charge on any atom is -0.491 e. The number of benzene rings is 1.